The second kappa shape index (κ2) is 8.95. The highest BCUT2D eigenvalue weighted by molar-refractivity contribution is 8.93. The van der Waals surface area contributed by atoms with Gasteiger partial charge in [0.05, 0.1) is 0 Å². The van der Waals surface area contributed by atoms with Crippen LogP contribution in [0.5, 0.6) is 0 Å². The largest absolute Gasteiger partial charge is 0.303 e. The second-order valence-electron chi connectivity index (χ2n) is 6.69. The van der Waals surface area contributed by atoms with Gasteiger partial charge in [-0.25, -0.2) is 0 Å². The van der Waals surface area contributed by atoms with Crippen molar-refractivity contribution >= 4 is 17.0 Å². The van der Waals surface area contributed by atoms with E-state index in [1.165, 1.54) is 77.4 Å². The smallest absolute Gasteiger partial charge is 0.00187 e. The van der Waals surface area contributed by atoms with Gasteiger partial charge in [-0.1, -0.05) is 43.5 Å². The SMILES string of the molecule is Br.c1ccc2c(c1)CCC2CCCCCN1CCCCC1. The van der Waals surface area contributed by atoms with E-state index in [9.17, 15) is 0 Å². The van der Waals surface area contributed by atoms with E-state index in [2.05, 4.69) is 29.2 Å². The summed E-state index contributed by atoms with van der Waals surface area (Å²) in [5.41, 5.74) is 3.27. The number of likely N-dealkylation sites (tertiary alicyclic amines) is 1. The van der Waals surface area contributed by atoms with Gasteiger partial charge in [-0.15, -0.1) is 17.0 Å². The summed E-state index contributed by atoms with van der Waals surface area (Å²) in [6.45, 7) is 4.06. The van der Waals surface area contributed by atoms with Crippen LogP contribution in [0.1, 0.15) is 68.4 Å². The Balaban J connectivity index is 0.00000161. The van der Waals surface area contributed by atoms with Gasteiger partial charge in [0.15, 0.2) is 0 Å². The summed E-state index contributed by atoms with van der Waals surface area (Å²) in [4.78, 5) is 2.67. The third-order valence-corrected chi connectivity index (χ3v) is 5.23. The first-order valence-corrected chi connectivity index (χ1v) is 8.73. The fourth-order valence-corrected chi connectivity index (χ4v) is 4.03. The number of halogens is 1. The van der Waals surface area contributed by atoms with Crippen molar-refractivity contribution in [2.45, 2.75) is 63.7 Å². The summed E-state index contributed by atoms with van der Waals surface area (Å²) in [7, 11) is 0. The van der Waals surface area contributed by atoms with Crippen molar-refractivity contribution in [3.05, 3.63) is 35.4 Å². The number of piperidine rings is 1. The Morgan fingerprint density at radius 3 is 2.62 bits per heavy atom. The Morgan fingerprint density at radius 2 is 1.76 bits per heavy atom. The van der Waals surface area contributed by atoms with Gasteiger partial charge in [-0.05, 0) is 75.2 Å². The third kappa shape index (κ3) is 4.82. The van der Waals surface area contributed by atoms with Crippen LogP contribution in [0.2, 0.25) is 0 Å². The van der Waals surface area contributed by atoms with Crippen LogP contribution in [0, 0.1) is 0 Å². The highest BCUT2D eigenvalue weighted by atomic mass is 79.9. The Hall–Kier alpha value is -0.340. The molecule has 1 aliphatic carbocycles. The van der Waals surface area contributed by atoms with Gasteiger partial charge in [0.2, 0.25) is 0 Å². The van der Waals surface area contributed by atoms with Crippen LogP contribution in [0.15, 0.2) is 24.3 Å². The highest BCUT2D eigenvalue weighted by Gasteiger charge is 2.21. The minimum absolute atomic E-state index is 0. The minimum atomic E-state index is 0. The molecule has 0 N–H and O–H groups in total. The van der Waals surface area contributed by atoms with Crippen LogP contribution in [0.4, 0.5) is 0 Å². The normalized spacial score (nSPS) is 21.8. The summed E-state index contributed by atoms with van der Waals surface area (Å²) in [6.07, 6.45) is 12.7. The molecule has 1 fully saturated rings. The van der Waals surface area contributed by atoms with E-state index in [4.69, 9.17) is 0 Å². The fourth-order valence-electron chi connectivity index (χ4n) is 4.03. The van der Waals surface area contributed by atoms with Crippen LogP contribution in [-0.4, -0.2) is 24.5 Å². The van der Waals surface area contributed by atoms with E-state index < -0.39 is 0 Å². The molecular formula is C19H30BrN. The molecule has 3 rings (SSSR count). The van der Waals surface area contributed by atoms with Gasteiger partial charge in [-0.3, -0.25) is 0 Å². The maximum atomic E-state index is 2.67. The van der Waals surface area contributed by atoms with Gasteiger partial charge in [0.25, 0.3) is 0 Å². The van der Waals surface area contributed by atoms with E-state index in [1.54, 1.807) is 11.1 Å². The lowest BCUT2D eigenvalue weighted by molar-refractivity contribution is 0.224. The lowest BCUT2D eigenvalue weighted by Crippen LogP contribution is -2.30. The lowest BCUT2D eigenvalue weighted by atomic mass is 9.95. The van der Waals surface area contributed by atoms with Gasteiger partial charge in [0, 0.05) is 0 Å². The van der Waals surface area contributed by atoms with Gasteiger partial charge in [-0.2, -0.15) is 0 Å². The number of hydrogen-bond acceptors (Lipinski definition) is 1. The molecule has 0 aromatic heterocycles. The van der Waals surface area contributed by atoms with Crippen LogP contribution in [0.3, 0.4) is 0 Å². The number of fused-ring (bicyclic) bond motifs is 1. The Bertz CT molecular complexity index is 412. The molecule has 2 aliphatic rings. The Kier molecular flexibility index (Phi) is 7.25. The molecule has 21 heavy (non-hydrogen) atoms. The van der Waals surface area contributed by atoms with E-state index in [0.717, 1.165) is 5.92 Å². The molecular weight excluding hydrogens is 322 g/mol. The zero-order valence-corrected chi connectivity index (χ0v) is 14.9. The molecule has 0 spiro atoms. The number of benzene rings is 1. The summed E-state index contributed by atoms with van der Waals surface area (Å²) < 4.78 is 0. The first-order valence-electron chi connectivity index (χ1n) is 8.73. The molecule has 118 valence electrons. The lowest BCUT2D eigenvalue weighted by Gasteiger charge is -2.26. The standard InChI is InChI=1S/C19H29N.BrH/c1(6-14-20-15-7-2-8-16-20)3-9-17-12-13-18-10-4-5-11-19(17)18;/h4-5,10-11,17H,1-3,6-9,12-16H2;1H. The molecule has 0 amide bonds. The van der Waals surface area contributed by atoms with Crippen LogP contribution in [-0.2, 0) is 6.42 Å². The molecule has 1 unspecified atom stereocenters. The maximum Gasteiger partial charge on any atom is -0.00187 e. The van der Waals surface area contributed by atoms with E-state index in [-0.39, 0.29) is 17.0 Å². The fraction of sp³-hybridized carbons (Fsp3) is 0.684. The molecule has 1 heterocycles. The summed E-state index contributed by atoms with van der Waals surface area (Å²) >= 11 is 0. The monoisotopic (exact) mass is 351 g/mol. The molecule has 1 aromatic carbocycles. The maximum absolute atomic E-state index is 2.67. The predicted molar refractivity (Wildman–Crippen MR) is 96.6 cm³/mol. The van der Waals surface area contributed by atoms with Crippen molar-refractivity contribution in [1.29, 1.82) is 0 Å². The molecule has 1 atom stereocenters. The van der Waals surface area contributed by atoms with Gasteiger partial charge < -0.3 is 4.90 Å². The van der Waals surface area contributed by atoms with Crippen LogP contribution in [0.25, 0.3) is 0 Å². The quantitative estimate of drug-likeness (QED) is 0.625. The first kappa shape index (κ1) is 17.0. The van der Waals surface area contributed by atoms with Crippen molar-refractivity contribution in [3.63, 3.8) is 0 Å². The topological polar surface area (TPSA) is 3.24 Å². The molecule has 0 radical (unpaired) electrons. The van der Waals surface area contributed by atoms with Gasteiger partial charge >= 0.3 is 0 Å². The highest BCUT2D eigenvalue weighted by Crippen LogP contribution is 2.36. The molecule has 0 saturated carbocycles. The number of unbranched alkanes of at least 4 members (excludes halogenated alkanes) is 2. The summed E-state index contributed by atoms with van der Waals surface area (Å²) in [5, 5.41) is 0. The van der Waals surface area contributed by atoms with Crippen molar-refractivity contribution in [2.24, 2.45) is 0 Å². The Labute approximate surface area is 140 Å². The number of rotatable bonds is 6. The summed E-state index contributed by atoms with van der Waals surface area (Å²) in [6, 6.07) is 9.10. The van der Waals surface area contributed by atoms with Crippen molar-refractivity contribution in [2.75, 3.05) is 19.6 Å². The average Bonchev–Trinajstić information content (AvgIpc) is 2.91. The Morgan fingerprint density at radius 1 is 0.952 bits per heavy atom. The van der Waals surface area contributed by atoms with E-state index >= 15 is 0 Å². The molecule has 2 heteroatoms. The molecule has 1 saturated heterocycles. The van der Waals surface area contributed by atoms with Crippen molar-refractivity contribution < 1.29 is 0 Å². The zero-order valence-electron chi connectivity index (χ0n) is 13.2. The van der Waals surface area contributed by atoms with Crippen molar-refractivity contribution in [3.8, 4) is 0 Å². The zero-order chi connectivity index (χ0) is 13.6. The third-order valence-electron chi connectivity index (χ3n) is 5.23. The molecule has 1 aromatic rings. The molecule has 1 aliphatic heterocycles. The van der Waals surface area contributed by atoms with E-state index in [0.29, 0.717) is 0 Å². The van der Waals surface area contributed by atoms with E-state index in [1.807, 2.05) is 0 Å². The number of aryl methyl sites for hydroxylation is 1. The van der Waals surface area contributed by atoms with Crippen molar-refractivity contribution in [1.82, 2.24) is 4.90 Å². The van der Waals surface area contributed by atoms with Crippen LogP contribution < -0.4 is 0 Å². The first-order chi connectivity index (χ1) is 9.93. The predicted octanol–water partition coefficient (Wildman–Crippen LogP) is 5.34. The molecule has 1 nitrogen and oxygen atoms in total. The number of hydrogen-bond donors (Lipinski definition) is 0. The number of nitrogens with zero attached hydrogens (tertiary/aromatic N) is 1. The second-order valence-corrected chi connectivity index (χ2v) is 6.69. The van der Waals surface area contributed by atoms with Gasteiger partial charge in [0.1, 0.15) is 0 Å². The van der Waals surface area contributed by atoms with Crippen LogP contribution >= 0.6 is 17.0 Å². The average molecular weight is 352 g/mol. The molecule has 0 bridgehead atoms. The summed E-state index contributed by atoms with van der Waals surface area (Å²) in [5.74, 6) is 0.862. The minimum Gasteiger partial charge on any atom is -0.303 e.